The first-order valence-electron chi connectivity index (χ1n) is 20.8. The van der Waals surface area contributed by atoms with Crippen molar-refractivity contribution in [2.75, 3.05) is 4.90 Å². The number of aryl methyl sites for hydroxylation is 1. The Morgan fingerprint density at radius 1 is 0.533 bits per heavy atom. The molecule has 288 valence electrons. The summed E-state index contributed by atoms with van der Waals surface area (Å²) < 4.78 is 6.27. The zero-order valence-corrected chi connectivity index (χ0v) is 33.6. The van der Waals surface area contributed by atoms with Crippen LogP contribution in [0, 0.1) is 0 Å². The summed E-state index contributed by atoms with van der Waals surface area (Å²) in [6, 6.07) is 68.1. The van der Waals surface area contributed by atoms with Crippen molar-refractivity contribution in [3.8, 4) is 28.0 Å². The molecule has 2 atom stereocenters. The van der Waals surface area contributed by atoms with Gasteiger partial charge in [0.15, 0.2) is 0 Å². The van der Waals surface area contributed by atoms with E-state index in [1.54, 1.807) is 0 Å². The lowest BCUT2D eigenvalue weighted by molar-refractivity contribution is 0.273. The summed E-state index contributed by atoms with van der Waals surface area (Å²) in [6.07, 6.45) is 5.61. The van der Waals surface area contributed by atoms with Crippen LogP contribution in [-0.4, -0.2) is 6.10 Å². The Morgan fingerprint density at radius 3 is 1.73 bits per heavy atom. The average molecular weight is 772 g/mol. The van der Waals surface area contributed by atoms with Gasteiger partial charge in [0.05, 0.1) is 5.92 Å². The van der Waals surface area contributed by atoms with Gasteiger partial charge in [-0.2, -0.15) is 0 Å². The Labute approximate surface area is 352 Å². The Hall–Kier alpha value is -7.42. The molecule has 10 rings (SSSR count). The van der Waals surface area contributed by atoms with Crippen LogP contribution >= 0.6 is 0 Å². The third kappa shape index (κ3) is 6.67. The maximum atomic E-state index is 6.27. The zero-order valence-electron chi connectivity index (χ0n) is 33.6. The van der Waals surface area contributed by atoms with Gasteiger partial charge in [0.2, 0.25) is 0 Å². The van der Waals surface area contributed by atoms with E-state index in [9.17, 15) is 0 Å². The van der Waals surface area contributed by atoms with Gasteiger partial charge in [-0.25, -0.2) is 0 Å². The molecule has 0 radical (unpaired) electrons. The van der Waals surface area contributed by atoms with E-state index in [4.69, 9.17) is 4.74 Å². The van der Waals surface area contributed by atoms with E-state index in [2.05, 4.69) is 201 Å². The number of para-hydroxylation sites is 1. The molecule has 60 heavy (non-hydrogen) atoms. The second kappa shape index (κ2) is 15.7. The molecule has 1 aliphatic rings. The van der Waals surface area contributed by atoms with Gasteiger partial charge in [-0.3, -0.25) is 0 Å². The number of benzene rings is 9. The quantitative estimate of drug-likeness (QED) is 0.0959. The highest BCUT2D eigenvalue weighted by Gasteiger charge is 2.34. The van der Waals surface area contributed by atoms with E-state index in [1.807, 2.05) is 24.3 Å². The maximum Gasteiger partial charge on any atom is 0.128 e. The van der Waals surface area contributed by atoms with Crippen molar-refractivity contribution in [2.45, 2.75) is 24.9 Å². The van der Waals surface area contributed by atoms with Crippen LogP contribution in [0.1, 0.15) is 29.0 Å². The molecule has 9 aromatic carbocycles. The molecule has 0 saturated carbocycles. The maximum absolute atomic E-state index is 6.27. The Bertz CT molecular complexity index is 3070. The van der Waals surface area contributed by atoms with Crippen LogP contribution in [0.4, 0.5) is 17.1 Å². The number of anilines is 3. The second-order valence-electron chi connectivity index (χ2n) is 15.7. The summed E-state index contributed by atoms with van der Waals surface area (Å²) in [6.45, 7) is 12.7. The lowest BCUT2D eigenvalue weighted by Gasteiger charge is -2.27. The highest BCUT2D eigenvalue weighted by molar-refractivity contribution is 6.13. The molecule has 9 aromatic rings. The molecule has 0 amide bonds. The van der Waals surface area contributed by atoms with E-state index in [1.165, 1.54) is 60.1 Å². The van der Waals surface area contributed by atoms with Crippen LogP contribution in [-0.2, 0) is 6.42 Å². The van der Waals surface area contributed by atoms with Crippen molar-refractivity contribution in [3.05, 3.63) is 237 Å². The Morgan fingerprint density at radius 2 is 1.07 bits per heavy atom. The zero-order chi connectivity index (χ0) is 40.6. The van der Waals surface area contributed by atoms with Gasteiger partial charge in [-0.05, 0) is 139 Å². The molecule has 0 N–H and O–H groups in total. The molecule has 0 spiro atoms. The highest BCUT2D eigenvalue weighted by Crippen LogP contribution is 2.46. The van der Waals surface area contributed by atoms with Gasteiger partial charge in [0, 0.05) is 22.6 Å². The van der Waals surface area contributed by atoms with Crippen molar-refractivity contribution in [1.29, 1.82) is 0 Å². The van der Waals surface area contributed by atoms with Gasteiger partial charge >= 0.3 is 0 Å². The Balaban J connectivity index is 1.05. The first kappa shape index (κ1) is 36.9. The normalized spacial score (nSPS) is 14.5. The average Bonchev–Trinajstić information content (AvgIpc) is 3.70. The van der Waals surface area contributed by atoms with Crippen LogP contribution in [0.5, 0.6) is 5.75 Å². The van der Waals surface area contributed by atoms with Gasteiger partial charge in [0.1, 0.15) is 11.9 Å². The van der Waals surface area contributed by atoms with Crippen molar-refractivity contribution in [3.63, 3.8) is 0 Å². The van der Waals surface area contributed by atoms with E-state index >= 15 is 0 Å². The monoisotopic (exact) mass is 771 g/mol. The molecule has 0 aliphatic carbocycles. The first-order chi connectivity index (χ1) is 29.6. The standard InChI is InChI=1S/C58H45NO/c1-4-6-15-45-36-43-16-7-8-17-44(43)37-54(45)41-26-32-48(33-27-41)59(47-30-24-40(25-31-47)39(3)58-53-22-13-14-23-57(53)60-56(58)5-2)49-34-28-42(29-35-49)55-38-46-18-9-10-19-50(46)51-20-11-12-21-52(51)55/h4-5,7-14,16-38,56,58H,1-3,6,15H2. The van der Waals surface area contributed by atoms with Crippen molar-refractivity contribution in [2.24, 2.45) is 0 Å². The molecular weight excluding hydrogens is 727 g/mol. The molecule has 2 heteroatoms. The second-order valence-corrected chi connectivity index (χ2v) is 15.7. The predicted molar refractivity (Wildman–Crippen MR) is 256 cm³/mol. The van der Waals surface area contributed by atoms with Gasteiger partial charge in [0.25, 0.3) is 0 Å². The molecule has 0 saturated heterocycles. The van der Waals surface area contributed by atoms with Crippen molar-refractivity contribution >= 4 is 55.0 Å². The topological polar surface area (TPSA) is 12.5 Å². The summed E-state index contributed by atoms with van der Waals surface area (Å²) in [5.41, 5.74) is 12.7. The fourth-order valence-electron chi connectivity index (χ4n) is 9.15. The minimum atomic E-state index is -0.164. The van der Waals surface area contributed by atoms with Crippen LogP contribution in [0.25, 0.3) is 60.1 Å². The molecule has 0 aromatic heterocycles. The van der Waals surface area contributed by atoms with E-state index in [0.29, 0.717) is 0 Å². The largest absolute Gasteiger partial charge is 0.485 e. The summed E-state index contributed by atoms with van der Waals surface area (Å²) in [5.74, 6) is 0.898. The SMILES string of the molecule is C=CCCc1cc2ccccc2cc1-c1ccc(N(c2ccc(C(=C)C3c4ccccc4OC3C=C)cc2)c2ccc(-c3cc4ccccc4c4ccccc34)cc2)cc1. The molecule has 0 bridgehead atoms. The molecule has 2 unspecified atom stereocenters. The minimum absolute atomic E-state index is 0.00147. The molecule has 2 nitrogen and oxygen atoms in total. The van der Waals surface area contributed by atoms with Gasteiger partial charge in [-0.15, -0.1) is 6.58 Å². The molecule has 0 fully saturated rings. The van der Waals surface area contributed by atoms with Gasteiger partial charge < -0.3 is 9.64 Å². The number of ether oxygens (including phenoxy) is 1. The van der Waals surface area contributed by atoms with Crippen LogP contribution in [0.15, 0.2) is 220 Å². The van der Waals surface area contributed by atoms with Crippen LogP contribution in [0.2, 0.25) is 0 Å². The first-order valence-corrected chi connectivity index (χ1v) is 20.8. The molecule has 1 heterocycles. The summed E-state index contributed by atoms with van der Waals surface area (Å²) >= 11 is 0. The highest BCUT2D eigenvalue weighted by atomic mass is 16.5. The van der Waals surface area contributed by atoms with Crippen LogP contribution in [0.3, 0.4) is 0 Å². The molecule has 1 aliphatic heterocycles. The third-order valence-electron chi connectivity index (χ3n) is 12.2. The smallest absolute Gasteiger partial charge is 0.128 e. The van der Waals surface area contributed by atoms with Gasteiger partial charge in [-0.1, -0.05) is 159 Å². The van der Waals surface area contributed by atoms with Crippen LogP contribution < -0.4 is 9.64 Å². The summed E-state index contributed by atoms with van der Waals surface area (Å²) in [7, 11) is 0. The van der Waals surface area contributed by atoms with E-state index in [0.717, 1.165) is 52.4 Å². The fraction of sp³-hybridized carbons (Fsp3) is 0.0690. The number of nitrogens with zero attached hydrogens (tertiary/aromatic N) is 1. The summed E-state index contributed by atoms with van der Waals surface area (Å²) in [5, 5.41) is 7.54. The third-order valence-corrected chi connectivity index (χ3v) is 12.2. The summed E-state index contributed by atoms with van der Waals surface area (Å²) in [4.78, 5) is 2.35. The number of allylic oxidation sites excluding steroid dienone is 1. The van der Waals surface area contributed by atoms with E-state index < -0.39 is 0 Å². The predicted octanol–water partition coefficient (Wildman–Crippen LogP) is 15.8. The number of fused-ring (bicyclic) bond motifs is 5. The number of hydrogen-bond acceptors (Lipinski definition) is 2. The minimum Gasteiger partial charge on any atom is -0.485 e. The number of rotatable bonds is 11. The fourth-order valence-corrected chi connectivity index (χ4v) is 9.15. The van der Waals surface area contributed by atoms with E-state index in [-0.39, 0.29) is 12.0 Å². The lowest BCUT2D eigenvalue weighted by atomic mass is 9.85. The molecular formula is C58H45NO. The lowest BCUT2D eigenvalue weighted by Crippen LogP contribution is -2.16. The van der Waals surface area contributed by atoms with Crippen molar-refractivity contribution < 1.29 is 4.74 Å². The number of hydrogen-bond donors (Lipinski definition) is 0. The Kier molecular flexibility index (Phi) is 9.67. The van der Waals surface area contributed by atoms with Crippen molar-refractivity contribution in [1.82, 2.24) is 0 Å².